The number of nitrogens with zero attached hydrogens (tertiary/aromatic N) is 2. The zero-order valence-electron chi connectivity index (χ0n) is 19.4. The van der Waals surface area contributed by atoms with Crippen molar-refractivity contribution in [1.29, 1.82) is 0 Å². The van der Waals surface area contributed by atoms with E-state index in [1.54, 1.807) is 7.11 Å². The lowest BCUT2D eigenvalue weighted by Crippen LogP contribution is -2.62. The molecule has 0 radical (unpaired) electrons. The number of fused-ring (bicyclic) bond motifs is 2. The highest BCUT2D eigenvalue weighted by atomic mass is 16.5. The molecular formula is C24H34N4O3. The number of ether oxygens (including phenoxy) is 1. The predicted molar refractivity (Wildman–Crippen MR) is 121 cm³/mol. The minimum absolute atomic E-state index is 0.0340. The minimum atomic E-state index is -0.598. The van der Waals surface area contributed by atoms with Gasteiger partial charge in [-0.05, 0) is 64.8 Å². The number of hydrogen-bond donors (Lipinski definition) is 2. The number of imide groups is 1. The first-order valence-corrected chi connectivity index (χ1v) is 11.2. The summed E-state index contributed by atoms with van der Waals surface area (Å²) in [6.45, 7) is 8.16. The van der Waals surface area contributed by atoms with Gasteiger partial charge < -0.3 is 15.0 Å². The average molecular weight is 427 g/mol. The summed E-state index contributed by atoms with van der Waals surface area (Å²) in [7, 11) is 3.80. The van der Waals surface area contributed by atoms with Crippen molar-refractivity contribution in [2.45, 2.75) is 64.3 Å². The van der Waals surface area contributed by atoms with Crippen molar-refractivity contribution in [3.05, 3.63) is 35.5 Å². The van der Waals surface area contributed by atoms with Crippen molar-refractivity contribution in [3.8, 4) is 0 Å². The molecule has 2 aliphatic rings. The van der Waals surface area contributed by atoms with E-state index in [2.05, 4.69) is 40.6 Å². The largest absolute Gasteiger partial charge is 0.372 e. The fraction of sp³-hybridized carbons (Fsp3) is 0.583. The van der Waals surface area contributed by atoms with Gasteiger partial charge >= 0.3 is 6.03 Å². The highest BCUT2D eigenvalue weighted by Gasteiger charge is 2.53. The first-order chi connectivity index (χ1) is 14.7. The summed E-state index contributed by atoms with van der Waals surface area (Å²) >= 11 is 0. The highest BCUT2D eigenvalue weighted by Crippen LogP contribution is 2.49. The number of benzene rings is 1. The molecule has 0 bridgehead atoms. The molecule has 3 amide bonds. The summed E-state index contributed by atoms with van der Waals surface area (Å²) in [6.07, 6.45) is 3.51. The van der Waals surface area contributed by atoms with Crippen LogP contribution in [0, 0.1) is 5.92 Å². The third-order valence-electron chi connectivity index (χ3n) is 6.88. The zero-order chi connectivity index (χ0) is 22.5. The number of amides is 3. The van der Waals surface area contributed by atoms with Crippen LogP contribution in [0.5, 0.6) is 0 Å². The van der Waals surface area contributed by atoms with Gasteiger partial charge in [-0.15, -0.1) is 0 Å². The number of nitrogens with one attached hydrogen (secondary N) is 2. The molecule has 3 atom stereocenters. The molecule has 4 rings (SSSR count). The molecule has 1 aromatic heterocycles. The lowest BCUT2D eigenvalue weighted by Gasteiger charge is -2.53. The van der Waals surface area contributed by atoms with E-state index in [1.807, 2.05) is 33.8 Å². The van der Waals surface area contributed by atoms with E-state index in [0.29, 0.717) is 13.0 Å². The van der Waals surface area contributed by atoms with Crippen LogP contribution >= 0.6 is 0 Å². The fourth-order valence-electron chi connectivity index (χ4n) is 5.58. The Labute approximate surface area is 184 Å². The number of likely N-dealkylation sites (N-methyl/N-ethyl adjacent to an activating group) is 1. The van der Waals surface area contributed by atoms with Crippen LogP contribution in [0.25, 0.3) is 10.9 Å². The maximum Gasteiger partial charge on any atom is 0.324 e. The van der Waals surface area contributed by atoms with Crippen LogP contribution in [0.4, 0.5) is 4.79 Å². The number of methoxy groups -OCH3 is 1. The maximum absolute atomic E-state index is 13.7. The van der Waals surface area contributed by atoms with E-state index < -0.39 is 5.60 Å². The predicted octanol–water partition coefficient (Wildman–Crippen LogP) is 3.24. The van der Waals surface area contributed by atoms with Crippen molar-refractivity contribution >= 4 is 22.8 Å². The third-order valence-corrected chi connectivity index (χ3v) is 6.88. The first kappa shape index (κ1) is 21.8. The Morgan fingerprint density at radius 3 is 2.68 bits per heavy atom. The normalized spacial score (nSPS) is 25.7. The van der Waals surface area contributed by atoms with Crippen molar-refractivity contribution in [2.24, 2.45) is 5.92 Å². The summed E-state index contributed by atoms with van der Waals surface area (Å²) in [5, 5.41) is 4.09. The van der Waals surface area contributed by atoms with Crippen LogP contribution < -0.4 is 5.32 Å². The third kappa shape index (κ3) is 3.44. The summed E-state index contributed by atoms with van der Waals surface area (Å²) < 4.78 is 6.29. The van der Waals surface area contributed by atoms with Crippen LogP contribution in [0.15, 0.2) is 24.4 Å². The Balaban J connectivity index is 1.73. The molecule has 2 heterocycles. The summed E-state index contributed by atoms with van der Waals surface area (Å²) in [4.78, 5) is 33.5. The van der Waals surface area contributed by atoms with Crippen molar-refractivity contribution in [2.75, 3.05) is 20.7 Å². The Morgan fingerprint density at radius 1 is 1.29 bits per heavy atom. The van der Waals surface area contributed by atoms with Gasteiger partial charge in [-0.3, -0.25) is 14.6 Å². The smallest absolute Gasteiger partial charge is 0.324 e. The van der Waals surface area contributed by atoms with Gasteiger partial charge in [0.25, 0.3) is 0 Å². The van der Waals surface area contributed by atoms with Gasteiger partial charge in [0, 0.05) is 48.9 Å². The molecule has 1 aromatic carbocycles. The molecule has 31 heavy (non-hydrogen) atoms. The molecule has 7 heteroatoms. The lowest BCUT2D eigenvalue weighted by atomic mass is 9.68. The molecule has 0 saturated carbocycles. The molecule has 0 spiro atoms. The molecule has 2 aromatic rings. The van der Waals surface area contributed by atoms with Gasteiger partial charge in [-0.25, -0.2) is 4.79 Å². The van der Waals surface area contributed by atoms with Crippen molar-refractivity contribution in [1.82, 2.24) is 20.1 Å². The Morgan fingerprint density at radius 2 is 2.03 bits per heavy atom. The van der Waals surface area contributed by atoms with E-state index in [-0.39, 0.29) is 36.0 Å². The molecule has 1 fully saturated rings. The van der Waals surface area contributed by atoms with Gasteiger partial charge in [0.05, 0.1) is 5.92 Å². The van der Waals surface area contributed by atoms with E-state index in [4.69, 9.17) is 4.74 Å². The molecule has 1 aliphatic heterocycles. The first-order valence-electron chi connectivity index (χ1n) is 11.2. The van der Waals surface area contributed by atoms with Crippen molar-refractivity contribution in [3.63, 3.8) is 0 Å². The second kappa shape index (κ2) is 7.95. The SMILES string of the molecule is CO[C@]12CC(C(=O)N(C(=O)NC(C)C)C(C)C)CN(C)[C@@H]1Cc1c[nH]c3cccc2c13. The van der Waals surface area contributed by atoms with Gasteiger partial charge in [-0.1, -0.05) is 12.1 Å². The van der Waals surface area contributed by atoms with Crippen LogP contribution in [0.1, 0.15) is 45.2 Å². The second-order valence-electron chi connectivity index (χ2n) is 9.60. The second-order valence-corrected chi connectivity index (χ2v) is 9.60. The Kier molecular flexibility index (Phi) is 5.60. The number of carbonyl (C=O) groups is 2. The molecule has 7 nitrogen and oxygen atoms in total. The molecule has 1 saturated heterocycles. The zero-order valence-corrected chi connectivity index (χ0v) is 19.4. The monoisotopic (exact) mass is 426 g/mol. The van der Waals surface area contributed by atoms with E-state index in [0.717, 1.165) is 17.5 Å². The maximum atomic E-state index is 13.7. The topological polar surface area (TPSA) is 77.7 Å². The molecule has 1 aliphatic carbocycles. The number of piperidine rings is 1. The minimum Gasteiger partial charge on any atom is -0.372 e. The highest BCUT2D eigenvalue weighted by molar-refractivity contribution is 5.96. The average Bonchev–Trinajstić information content (AvgIpc) is 3.12. The van der Waals surface area contributed by atoms with Crippen LogP contribution in [-0.2, 0) is 21.6 Å². The molecule has 1 unspecified atom stereocenters. The van der Waals surface area contributed by atoms with Gasteiger partial charge in [0.1, 0.15) is 5.60 Å². The number of aromatic nitrogens is 1. The van der Waals surface area contributed by atoms with Gasteiger partial charge in [0.15, 0.2) is 0 Å². The van der Waals surface area contributed by atoms with Crippen LogP contribution in [0.3, 0.4) is 0 Å². The van der Waals surface area contributed by atoms with Crippen LogP contribution in [-0.4, -0.2) is 65.5 Å². The number of hydrogen-bond acceptors (Lipinski definition) is 4. The summed E-state index contributed by atoms with van der Waals surface area (Å²) in [6, 6.07) is 5.80. The molecule has 168 valence electrons. The quantitative estimate of drug-likeness (QED) is 0.787. The van der Waals surface area contributed by atoms with E-state index >= 15 is 0 Å². The fourth-order valence-corrected chi connectivity index (χ4v) is 5.58. The number of H-pyrrole nitrogens is 1. The van der Waals surface area contributed by atoms with Crippen LogP contribution in [0.2, 0.25) is 0 Å². The number of carbonyl (C=O) groups excluding carboxylic acids is 2. The van der Waals surface area contributed by atoms with Gasteiger partial charge in [-0.2, -0.15) is 0 Å². The number of urea groups is 1. The number of rotatable bonds is 4. The summed E-state index contributed by atoms with van der Waals surface area (Å²) in [5.41, 5.74) is 2.92. The van der Waals surface area contributed by atoms with Gasteiger partial charge in [0.2, 0.25) is 5.91 Å². The van der Waals surface area contributed by atoms with E-state index in [1.165, 1.54) is 15.8 Å². The van der Waals surface area contributed by atoms with E-state index in [9.17, 15) is 9.59 Å². The summed E-state index contributed by atoms with van der Waals surface area (Å²) in [5.74, 6) is -0.473. The molecular weight excluding hydrogens is 392 g/mol. The van der Waals surface area contributed by atoms with Crippen molar-refractivity contribution < 1.29 is 14.3 Å². The Hall–Kier alpha value is -2.38. The standard InChI is InChI=1S/C24H34N4O3/c1-14(2)26-23(30)28(15(3)4)22(29)17-11-24(31-6)18-8-7-9-19-21(18)16(12-25-19)10-20(24)27(5)13-17/h7-9,12,14-15,17,20,25H,10-11,13H2,1-6H3,(H,26,30)/t17?,20-,24+/m1/s1. The number of likely N-dealkylation sites (tertiary alicyclic amines) is 1. The number of aromatic amines is 1. The lowest BCUT2D eigenvalue weighted by molar-refractivity contribution is -0.154. The molecule has 2 N–H and O–H groups in total. The Bertz CT molecular complexity index is 998.